The van der Waals surface area contributed by atoms with Gasteiger partial charge in [0.15, 0.2) is 0 Å². The highest BCUT2D eigenvalue weighted by Crippen LogP contribution is 2.55. The molecule has 5 rings (SSSR count). The average Bonchev–Trinajstić information content (AvgIpc) is 3.14. The Bertz CT molecular complexity index is 1090. The average molecular weight is 510 g/mol. The van der Waals surface area contributed by atoms with Crippen LogP contribution in [0, 0.1) is 0 Å². The Morgan fingerprint density at radius 1 is 0.714 bits per heavy atom. The lowest BCUT2D eigenvalue weighted by atomic mass is 10.1. The van der Waals surface area contributed by atoms with Crippen molar-refractivity contribution in [3.8, 4) is 11.1 Å². The van der Waals surface area contributed by atoms with Gasteiger partial charge in [-0.3, -0.25) is 0 Å². The molecule has 0 saturated carbocycles. The van der Waals surface area contributed by atoms with Crippen LogP contribution in [0.1, 0.15) is 40.3 Å². The summed E-state index contributed by atoms with van der Waals surface area (Å²) < 4.78 is 2.35. The highest BCUT2D eigenvalue weighted by molar-refractivity contribution is 9.10. The Labute approximate surface area is 185 Å². The normalized spacial score (nSPS) is 17.9. The molecule has 0 bridgehead atoms. The molecule has 0 aliphatic heterocycles. The molecule has 2 aliphatic carbocycles. The SMILES string of the molecule is CC1=Cc2ccccc2C1[Si](C)(C)C1c2cc(Br)ccc2-c2ccc(Br)cc21. The number of allylic oxidation sites excluding steroid dienone is 1. The van der Waals surface area contributed by atoms with Gasteiger partial charge in [-0.2, -0.15) is 0 Å². The Kier molecular flexibility index (Phi) is 4.35. The van der Waals surface area contributed by atoms with Crippen LogP contribution in [0.5, 0.6) is 0 Å². The summed E-state index contributed by atoms with van der Waals surface area (Å²) >= 11 is 7.47. The first kappa shape index (κ1) is 18.6. The van der Waals surface area contributed by atoms with Crippen LogP contribution in [0.15, 0.2) is 75.2 Å². The lowest BCUT2D eigenvalue weighted by Gasteiger charge is -2.38. The van der Waals surface area contributed by atoms with Gasteiger partial charge >= 0.3 is 0 Å². The highest BCUT2D eigenvalue weighted by Gasteiger charge is 2.48. The molecule has 140 valence electrons. The largest absolute Gasteiger partial charge is 0.0726 e. The Hall–Kier alpha value is -1.42. The summed E-state index contributed by atoms with van der Waals surface area (Å²) in [7, 11) is -1.81. The van der Waals surface area contributed by atoms with Gasteiger partial charge in [0.1, 0.15) is 0 Å². The van der Waals surface area contributed by atoms with E-state index in [0.717, 1.165) is 0 Å². The maximum absolute atomic E-state index is 3.73. The number of rotatable bonds is 2. The molecule has 3 aromatic carbocycles. The molecular formula is C25H22Br2Si. The van der Waals surface area contributed by atoms with E-state index in [1.807, 2.05) is 0 Å². The van der Waals surface area contributed by atoms with Crippen molar-refractivity contribution in [3.05, 3.63) is 97.4 Å². The number of fused-ring (bicyclic) bond motifs is 4. The van der Waals surface area contributed by atoms with Crippen LogP contribution in [0.3, 0.4) is 0 Å². The van der Waals surface area contributed by atoms with Gasteiger partial charge in [0.05, 0.1) is 8.07 Å². The monoisotopic (exact) mass is 508 g/mol. The van der Waals surface area contributed by atoms with E-state index >= 15 is 0 Å². The van der Waals surface area contributed by atoms with Gasteiger partial charge in [-0.15, -0.1) is 0 Å². The molecule has 0 aromatic heterocycles. The molecule has 1 unspecified atom stereocenters. The molecule has 0 heterocycles. The van der Waals surface area contributed by atoms with Crippen LogP contribution < -0.4 is 0 Å². The van der Waals surface area contributed by atoms with Crippen LogP contribution in [0.2, 0.25) is 13.1 Å². The van der Waals surface area contributed by atoms with Gasteiger partial charge in [-0.25, -0.2) is 0 Å². The fourth-order valence-corrected chi connectivity index (χ4v) is 11.1. The van der Waals surface area contributed by atoms with E-state index in [1.54, 1.807) is 0 Å². The lowest BCUT2D eigenvalue weighted by molar-refractivity contribution is 0.985. The zero-order valence-electron chi connectivity index (χ0n) is 16.3. The Morgan fingerprint density at radius 2 is 1.29 bits per heavy atom. The standard InChI is InChI=1S/C25H22Br2Si/c1-15-12-16-6-4-5-7-19(16)24(15)28(2,3)25-22-13-17(26)8-10-20(22)21-11-9-18(27)14-23(21)25/h4-14,24-25H,1-3H3. The molecule has 0 spiro atoms. The molecular weight excluding hydrogens is 488 g/mol. The topological polar surface area (TPSA) is 0 Å². The zero-order valence-corrected chi connectivity index (χ0v) is 20.4. The van der Waals surface area contributed by atoms with Gasteiger partial charge < -0.3 is 0 Å². The maximum Gasteiger partial charge on any atom is 0.0726 e. The second kappa shape index (κ2) is 6.55. The quantitative estimate of drug-likeness (QED) is 0.304. The summed E-state index contributed by atoms with van der Waals surface area (Å²) in [5.41, 5.74) is 11.3. The van der Waals surface area contributed by atoms with Crippen molar-refractivity contribution in [1.29, 1.82) is 0 Å². The van der Waals surface area contributed by atoms with E-state index in [2.05, 4.69) is 119 Å². The molecule has 28 heavy (non-hydrogen) atoms. The van der Waals surface area contributed by atoms with E-state index in [1.165, 1.54) is 47.9 Å². The molecule has 1 atom stereocenters. The van der Waals surface area contributed by atoms with Crippen molar-refractivity contribution in [1.82, 2.24) is 0 Å². The van der Waals surface area contributed by atoms with Crippen molar-refractivity contribution in [3.63, 3.8) is 0 Å². The molecule has 0 fully saturated rings. The molecule has 0 N–H and O–H groups in total. The number of hydrogen-bond acceptors (Lipinski definition) is 0. The van der Waals surface area contributed by atoms with Gasteiger partial charge in [0, 0.05) is 20.0 Å². The molecule has 2 aliphatic rings. The fraction of sp³-hybridized carbons (Fsp3) is 0.200. The van der Waals surface area contributed by atoms with Crippen LogP contribution in [0.4, 0.5) is 0 Å². The first-order chi connectivity index (χ1) is 13.4. The predicted molar refractivity (Wildman–Crippen MR) is 129 cm³/mol. The second-order valence-electron chi connectivity index (χ2n) is 8.67. The van der Waals surface area contributed by atoms with Crippen LogP contribution >= 0.6 is 31.9 Å². The van der Waals surface area contributed by atoms with E-state index in [9.17, 15) is 0 Å². The molecule has 0 radical (unpaired) electrons. The summed E-state index contributed by atoms with van der Waals surface area (Å²) in [6, 6.07) is 22.7. The molecule has 0 nitrogen and oxygen atoms in total. The van der Waals surface area contributed by atoms with Gasteiger partial charge in [0.2, 0.25) is 0 Å². The minimum absolute atomic E-state index is 0.479. The van der Waals surface area contributed by atoms with Crippen LogP contribution in [-0.4, -0.2) is 8.07 Å². The predicted octanol–water partition coefficient (Wildman–Crippen LogP) is 8.31. The lowest BCUT2D eigenvalue weighted by Crippen LogP contribution is -2.42. The summed E-state index contributed by atoms with van der Waals surface area (Å²) in [4.78, 5) is 0. The summed E-state index contributed by atoms with van der Waals surface area (Å²) in [5, 5.41) is 0. The van der Waals surface area contributed by atoms with E-state index in [4.69, 9.17) is 0 Å². The van der Waals surface area contributed by atoms with Crippen molar-refractivity contribution in [2.24, 2.45) is 0 Å². The second-order valence-corrected chi connectivity index (χ2v) is 15.3. The maximum atomic E-state index is 3.73. The first-order valence-corrected chi connectivity index (χ1v) is 14.5. The third-order valence-electron chi connectivity index (χ3n) is 6.57. The van der Waals surface area contributed by atoms with Crippen LogP contribution in [0.25, 0.3) is 17.2 Å². The third-order valence-corrected chi connectivity index (χ3v) is 11.9. The van der Waals surface area contributed by atoms with Crippen LogP contribution in [-0.2, 0) is 0 Å². The number of hydrogen-bond donors (Lipinski definition) is 0. The first-order valence-electron chi connectivity index (χ1n) is 9.74. The van der Waals surface area contributed by atoms with E-state index in [-0.39, 0.29) is 0 Å². The van der Waals surface area contributed by atoms with Gasteiger partial charge in [-0.05, 0) is 64.6 Å². The minimum Gasteiger partial charge on any atom is -0.0679 e. The Morgan fingerprint density at radius 3 is 1.89 bits per heavy atom. The summed E-state index contributed by atoms with van der Waals surface area (Å²) in [6.07, 6.45) is 2.41. The van der Waals surface area contributed by atoms with Crippen molar-refractivity contribution in [2.45, 2.75) is 31.1 Å². The Balaban J connectivity index is 1.74. The van der Waals surface area contributed by atoms with Crippen molar-refractivity contribution in [2.75, 3.05) is 0 Å². The molecule has 3 aromatic rings. The molecule has 3 heteroatoms. The van der Waals surface area contributed by atoms with E-state index in [0.29, 0.717) is 11.1 Å². The molecule has 0 amide bonds. The van der Waals surface area contributed by atoms with Gasteiger partial charge in [-0.1, -0.05) is 93.0 Å². The highest BCUT2D eigenvalue weighted by atomic mass is 79.9. The van der Waals surface area contributed by atoms with Gasteiger partial charge in [0.25, 0.3) is 0 Å². The third kappa shape index (κ3) is 2.67. The van der Waals surface area contributed by atoms with Crippen molar-refractivity contribution >= 4 is 46.0 Å². The van der Waals surface area contributed by atoms with Crippen molar-refractivity contribution < 1.29 is 0 Å². The zero-order chi connectivity index (χ0) is 19.6. The number of halogens is 2. The smallest absolute Gasteiger partial charge is 0.0679 e. The summed E-state index contributed by atoms with van der Waals surface area (Å²) in [5.74, 6) is 0. The number of benzene rings is 3. The van der Waals surface area contributed by atoms with E-state index < -0.39 is 8.07 Å². The summed E-state index contributed by atoms with van der Waals surface area (Å²) in [6.45, 7) is 7.50. The fourth-order valence-electron chi connectivity index (χ4n) is 5.64. The minimum atomic E-state index is -1.81. The molecule has 0 saturated heterocycles.